The van der Waals surface area contributed by atoms with Gasteiger partial charge in [-0.1, -0.05) is 71.1 Å². The lowest BCUT2D eigenvalue weighted by Crippen LogP contribution is -2.35. The minimum Gasteiger partial charge on any atom is -0.393 e. The van der Waals surface area contributed by atoms with Crippen molar-refractivity contribution in [3.63, 3.8) is 0 Å². The van der Waals surface area contributed by atoms with Crippen molar-refractivity contribution < 1.29 is 10.2 Å². The summed E-state index contributed by atoms with van der Waals surface area (Å²) in [6.45, 7) is 16.0. The van der Waals surface area contributed by atoms with Crippen LogP contribution in [0.5, 0.6) is 0 Å². The maximum atomic E-state index is 10.1. The van der Waals surface area contributed by atoms with Crippen molar-refractivity contribution in [3.8, 4) is 0 Å². The van der Waals surface area contributed by atoms with E-state index in [2.05, 4.69) is 65.5 Å². The van der Waals surface area contributed by atoms with Crippen LogP contribution < -0.4 is 0 Å². The quantitative estimate of drug-likeness (QED) is 0.499. The van der Waals surface area contributed by atoms with E-state index in [-0.39, 0.29) is 0 Å². The lowest BCUT2D eigenvalue weighted by molar-refractivity contribution is 0.0862. The predicted molar refractivity (Wildman–Crippen MR) is 127 cm³/mol. The standard InChI is InChI=1S/C28H44O2/c1-18(2)19(3)9-10-20(4)25-13-14-26-22(8-7-15-28(25,26)6)11-12-23-16-24(29)17-27(30)21(23)5/h9-12,18-20,24-27,29-30H,5,7-8,13-17H2,1-4,6H3/t19-,20+,24+,25?,26?,27-,28?/m0/s1. The second kappa shape index (κ2) is 9.57. The van der Waals surface area contributed by atoms with Crippen molar-refractivity contribution in [2.24, 2.45) is 35.0 Å². The molecule has 7 atom stereocenters. The summed E-state index contributed by atoms with van der Waals surface area (Å²) in [5, 5.41) is 20.2. The van der Waals surface area contributed by atoms with Crippen LogP contribution in [0.25, 0.3) is 0 Å². The van der Waals surface area contributed by atoms with Crippen molar-refractivity contribution in [1.29, 1.82) is 0 Å². The molecule has 0 aliphatic heterocycles. The third-order valence-electron chi connectivity index (χ3n) is 8.71. The molecule has 0 amide bonds. The molecule has 3 rings (SSSR count). The maximum absolute atomic E-state index is 10.1. The highest BCUT2D eigenvalue weighted by Crippen LogP contribution is 2.59. The summed E-state index contributed by atoms with van der Waals surface area (Å²) in [6.07, 6.45) is 15.8. The van der Waals surface area contributed by atoms with Gasteiger partial charge in [0.1, 0.15) is 0 Å². The minimum absolute atomic E-state index is 0.385. The normalized spacial score (nSPS) is 39.8. The van der Waals surface area contributed by atoms with Gasteiger partial charge in [-0.25, -0.2) is 0 Å². The van der Waals surface area contributed by atoms with Crippen molar-refractivity contribution >= 4 is 0 Å². The van der Waals surface area contributed by atoms with E-state index in [0.717, 1.165) is 17.1 Å². The third-order valence-corrected chi connectivity index (χ3v) is 8.71. The van der Waals surface area contributed by atoms with Crippen LogP contribution in [-0.2, 0) is 0 Å². The molecule has 3 unspecified atom stereocenters. The molecule has 3 aliphatic carbocycles. The Balaban J connectivity index is 1.76. The molecule has 0 bridgehead atoms. The Morgan fingerprint density at radius 2 is 1.80 bits per heavy atom. The van der Waals surface area contributed by atoms with Crippen molar-refractivity contribution in [2.75, 3.05) is 0 Å². The summed E-state index contributed by atoms with van der Waals surface area (Å²) in [7, 11) is 0. The van der Waals surface area contributed by atoms with Crippen LogP contribution in [-0.4, -0.2) is 22.4 Å². The van der Waals surface area contributed by atoms with E-state index >= 15 is 0 Å². The molecule has 0 saturated heterocycles. The first-order valence-electron chi connectivity index (χ1n) is 12.3. The Kier molecular flexibility index (Phi) is 7.51. The first-order chi connectivity index (χ1) is 14.1. The number of rotatable bonds is 5. The fraction of sp³-hybridized carbons (Fsp3) is 0.714. The molecule has 3 aliphatic rings. The van der Waals surface area contributed by atoms with E-state index in [0.29, 0.717) is 41.9 Å². The molecule has 2 N–H and O–H groups in total. The molecule has 2 nitrogen and oxygen atoms in total. The van der Waals surface area contributed by atoms with Crippen LogP contribution in [0.2, 0.25) is 0 Å². The first-order valence-corrected chi connectivity index (χ1v) is 12.3. The number of hydrogen-bond donors (Lipinski definition) is 2. The van der Waals surface area contributed by atoms with E-state index < -0.39 is 12.2 Å². The zero-order chi connectivity index (χ0) is 22.1. The number of allylic oxidation sites excluding steroid dienone is 5. The second-order valence-electron chi connectivity index (χ2n) is 11.0. The van der Waals surface area contributed by atoms with Gasteiger partial charge in [-0.15, -0.1) is 0 Å². The highest BCUT2D eigenvalue weighted by molar-refractivity contribution is 5.38. The molecule has 0 aromatic heterocycles. The summed E-state index contributed by atoms with van der Waals surface area (Å²) in [5.41, 5.74) is 3.77. The SMILES string of the molecule is C=C1C(=CC=C2CCCC3(C)C2CCC3[C@H](C)C=C[C@H](C)C(C)C)C[C@@H](O)C[C@@H]1O. The van der Waals surface area contributed by atoms with Gasteiger partial charge in [0.05, 0.1) is 12.2 Å². The molecule has 2 heteroatoms. The smallest absolute Gasteiger partial charge is 0.0811 e. The van der Waals surface area contributed by atoms with Crippen LogP contribution in [0.15, 0.2) is 47.6 Å². The minimum atomic E-state index is -0.605. The second-order valence-corrected chi connectivity index (χ2v) is 11.0. The summed E-state index contributed by atoms with van der Waals surface area (Å²) in [6, 6.07) is 0. The van der Waals surface area contributed by atoms with Crippen molar-refractivity contribution in [1.82, 2.24) is 0 Å². The van der Waals surface area contributed by atoms with Gasteiger partial charge in [0, 0.05) is 6.42 Å². The lowest BCUT2D eigenvalue weighted by Gasteiger charge is -2.44. The third kappa shape index (κ3) is 4.86. The molecule has 0 aromatic rings. The molecule has 0 heterocycles. The Bertz CT molecular complexity index is 712. The monoisotopic (exact) mass is 412 g/mol. The molecular weight excluding hydrogens is 368 g/mol. The Morgan fingerprint density at radius 3 is 2.50 bits per heavy atom. The van der Waals surface area contributed by atoms with Gasteiger partial charge in [0.25, 0.3) is 0 Å². The van der Waals surface area contributed by atoms with Gasteiger partial charge in [-0.3, -0.25) is 0 Å². The largest absolute Gasteiger partial charge is 0.393 e. The van der Waals surface area contributed by atoms with E-state index in [4.69, 9.17) is 0 Å². The van der Waals surface area contributed by atoms with Gasteiger partial charge in [-0.2, -0.15) is 0 Å². The van der Waals surface area contributed by atoms with Crippen LogP contribution in [0, 0.1) is 35.0 Å². The van der Waals surface area contributed by atoms with Crippen molar-refractivity contribution in [3.05, 3.63) is 47.6 Å². The summed E-state index contributed by atoms with van der Waals surface area (Å²) in [5.74, 6) is 3.38. The summed E-state index contributed by atoms with van der Waals surface area (Å²) in [4.78, 5) is 0. The van der Waals surface area contributed by atoms with Gasteiger partial charge >= 0.3 is 0 Å². The average molecular weight is 413 g/mol. The average Bonchev–Trinajstić information content (AvgIpc) is 3.04. The van der Waals surface area contributed by atoms with E-state index in [9.17, 15) is 10.2 Å². The highest BCUT2D eigenvalue weighted by Gasteiger charge is 2.50. The van der Waals surface area contributed by atoms with Crippen LogP contribution in [0.3, 0.4) is 0 Å². The maximum Gasteiger partial charge on any atom is 0.0811 e. The molecule has 3 fully saturated rings. The van der Waals surface area contributed by atoms with Crippen LogP contribution in [0.4, 0.5) is 0 Å². The van der Waals surface area contributed by atoms with Crippen LogP contribution in [0.1, 0.15) is 79.6 Å². The summed E-state index contributed by atoms with van der Waals surface area (Å²) >= 11 is 0. The Morgan fingerprint density at radius 1 is 1.07 bits per heavy atom. The Labute approximate surface area is 184 Å². The summed E-state index contributed by atoms with van der Waals surface area (Å²) < 4.78 is 0. The molecule has 168 valence electrons. The fourth-order valence-corrected chi connectivity index (χ4v) is 6.32. The molecule has 3 saturated carbocycles. The zero-order valence-corrected chi connectivity index (χ0v) is 19.9. The molecular formula is C28H44O2. The zero-order valence-electron chi connectivity index (χ0n) is 19.9. The lowest BCUT2D eigenvalue weighted by atomic mass is 9.61. The highest BCUT2D eigenvalue weighted by atomic mass is 16.3. The van der Waals surface area contributed by atoms with E-state index in [1.807, 2.05) is 0 Å². The fourth-order valence-electron chi connectivity index (χ4n) is 6.32. The molecule has 0 aromatic carbocycles. The predicted octanol–water partition coefficient (Wildman–Crippen LogP) is 6.61. The number of aliphatic hydroxyl groups is 2. The Hall–Kier alpha value is -1.12. The molecule has 0 radical (unpaired) electrons. The van der Waals surface area contributed by atoms with Gasteiger partial charge < -0.3 is 10.2 Å². The molecule has 30 heavy (non-hydrogen) atoms. The molecule has 0 spiro atoms. The topological polar surface area (TPSA) is 40.5 Å². The van der Waals surface area contributed by atoms with Gasteiger partial charge in [-0.05, 0) is 84.7 Å². The number of hydrogen-bond acceptors (Lipinski definition) is 2. The van der Waals surface area contributed by atoms with E-state index in [1.165, 1.54) is 32.1 Å². The van der Waals surface area contributed by atoms with Gasteiger partial charge in [0.2, 0.25) is 0 Å². The first kappa shape index (κ1) is 23.5. The van der Waals surface area contributed by atoms with Crippen LogP contribution >= 0.6 is 0 Å². The number of aliphatic hydroxyl groups excluding tert-OH is 2. The van der Waals surface area contributed by atoms with Gasteiger partial charge in [0.15, 0.2) is 0 Å². The number of fused-ring (bicyclic) bond motifs is 1. The van der Waals surface area contributed by atoms with Crippen molar-refractivity contribution in [2.45, 2.75) is 91.8 Å². The van der Waals surface area contributed by atoms with E-state index in [1.54, 1.807) is 5.57 Å².